The molecule has 0 radical (unpaired) electrons. The summed E-state index contributed by atoms with van der Waals surface area (Å²) in [5.41, 5.74) is 13.6. The molecule has 2 heterocycles. The number of benzene rings is 2. The molecule has 11 N–H and O–H groups in total. The molecule has 3 aromatic rings. The van der Waals surface area contributed by atoms with Crippen LogP contribution in [0.2, 0.25) is 0 Å². The molecule has 17 nitrogen and oxygen atoms in total. The van der Waals surface area contributed by atoms with Gasteiger partial charge in [0.05, 0.1) is 12.4 Å². The molecule has 0 bridgehead atoms. The number of phenols is 1. The summed E-state index contributed by atoms with van der Waals surface area (Å²) in [4.78, 5) is 89.9. The van der Waals surface area contributed by atoms with E-state index in [1.165, 1.54) is 29.6 Å². The fourth-order valence-corrected chi connectivity index (χ4v) is 6.85. The first-order valence-electron chi connectivity index (χ1n) is 19.8. The van der Waals surface area contributed by atoms with E-state index in [0.29, 0.717) is 49.9 Å². The fourth-order valence-electron chi connectivity index (χ4n) is 6.85. The highest BCUT2D eigenvalue weighted by Crippen LogP contribution is 2.21. The van der Waals surface area contributed by atoms with Gasteiger partial charge in [0.2, 0.25) is 29.5 Å². The molecule has 0 unspecified atom stereocenters. The average Bonchev–Trinajstić information content (AvgIpc) is 3.93. The van der Waals surface area contributed by atoms with Gasteiger partial charge in [0.15, 0.2) is 0 Å². The average molecular weight is 804 g/mol. The number of carbonyl (C=O) groups excluding carboxylic acids is 5. The molecular weight excluding hydrogens is 747 g/mol. The van der Waals surface area contributed by atoms with Crippen molar-refractivity contribution >= 4 is 35.5 Å². The maximum atomic E-state index is 14.3. The number of hydrogen-bond donors (Lipinski definition) is 9. The molecule has 2 aromatic carbocycles. The van der Waals surface area contributed by atoms with Crippen LogP contribution in [0, 0.1) is 5.92 Å². The number of amides is 5. The van der Waals surface area contributed by atoms with Gasteiger partial charge in [-0.2, -0.15) is 0 Å². The standard InChI is InChI=1S/C41H57N9O8/c1-3-25(2)35(49-37(53)31(20-27-14-16-29(51)17-15-27)46-36(52)30(43)12-7-8-18-42)39(55)47-32(22-28-23-44-24-45-28)40(56)50-19-9-13-34(50)38(54)48-33(41(57)58)21-26-10-5-4-6-11-26/h4-6,10-11,14-17,23-25,30-35,51H,3,7-9,12-13,18-22,42-43H2,1-2H3,(H,44,45)(H,46,52)(H,47,55)(H,48,54)(H,49,53)(H,57,58)/t25-,30-,31-,32-,33-,34-,35-/m0/s1. The number of phenolic OH excluding ortho intramolecular Hbond substituents is 1. The van der Waals surface area contributed by atoms with E-state index in [-0.39, 0.29) is 38.0 Å². The van der Waals surface area contributed by atoms with Crippen molar-refractivity contribution in [2.45, 2.75) is 108 Å². The van der Waals surface area contributed by atoms with Gasteiger partial charge >= 0.3 is 5.97 Å². The predicted molar refractivity (Wildman–Crippen MR) is 215 cm³/mol. The van der Waals surface area contributed by atoms with E-state index in [2.05, 4.69) is 31.2 Å². The van der Waals surface area contributed by atoms with E-state index >= 15 is 0 Å². The molecule has 1 aromatic heterocycles. The third-order valence-electron chi connectivity index (χ3n) is 10.4. The molecule has 0 spiro atoms. The van der Waals surface area contributed by atoms with Crippen molar-refractivity contribution in [3.8, 4) is 5.75 Å². The van der Waals surface area contributed by atoms with Crippen LogP contribution in [0.15, 0.2) is 67.1 Å². The smallest absolute Gasteiger partial charge is 0.326 e. The molecule has 314 valence electrons. The number of aromatic amines is 1. The van der Waals surface area contributed by atoms with Crippen molar-refractivity contribution in [3.63, 3.8) is 0 Å². The highest BCUT2D eigenvalue weighted by molar-refractivity contribution is 5.97. The Hall–Kier alpha value is -5.81. The van der Waals surface area contributed by atoms with Gasteiger partial charge in [-0.1, -0.05) is 69.2 Å². The SMILES string of the molecule is CC[C@H](C)[C@H](NC(=O)[C@H](Cc1ccc(O)cc1)NC(=O)[C@@H](N)CCCCN)C(=O)N[C@@H](Cc1cnc[nH]1)C(=O)N1CCC[C@H]1C(=O)N[C@@H](Cc1ccccc1)C(=O)O. The number of aromatic nitrogens is 2. The third kappa shape index (κ3) is 13.1. The van der Waals surface area contributed by atoms with Crippen LogP contribution in [0.4, 0.5) is 0 Å². The van der Waals surface area contributed by atoms with Crippen molar-refractivity contribution in [3.05, 3.63) is 83.9 Å². The highest BCUT2D eigenvalue weighted by Gasteiger charge is 2.40. The number of nitrogens with zero attached hydrogens (tertiary/aromatic N) is 2. The Labute approximate surface area is 338 Å². The van der Waals surface area contributed by atoms with Crippen LogP contribution in [0.5, 0.6) is 5.75 Å². The minimum Gasteiger partial charge on any atom is -0.508 e. The minimum atomic E-state index is -1.23. The monoisotopic (exact) mass is 803 g/mol. The van der Waals surface area contributed by atoms with Gasteiger partial charge in [-0.3, -0.25) is 24.0 Å². The van der Waals surface area contributed by atoms with Gasteiger partial charge in [-0.25, -0.2) is 9.78 Å². The zero-order chi connectivity index (χ0) is 42.2. The van der Waals surface area contributed by atoms with Gasteiger partial charge in [0.25, 0.3) is 0 Å². The van der Waals surface area contributed by atoms with Crippen LogP contribution in [0.3, 0.4) is 0 Å². The van der Waals surface area contributed by atoms with E-state index in [1.807, 2.05) is 6.92 Å². The van der Waals surface area contributed by atoms with Gasteiger partial charge in [-0.05, 0) is 61.4 Å². The molecular formula is C41H57N9O8. The summed E-state index contributed by atoms with van der Waals surface area (Å²) in [5.74, 6) is -4.68. The molecule has 5 amide bonds. The van der Waals surface area contributed by atoms with Crippen LogP contribution in [-0.2, 0) is 48.0 Å². The maximum absolute atomic E-state index is 14.3. The lowest BCUT2D eigenvalue weighted by Crippen LogP contribution is -2.61. The van der Waals surface area contributed by atoms with Gasteiger partial charge < -0.3 is 52.8 Å². The molecule has 1 aliphatic heterocycles. The lowest BCUT2D eigenvalue weighted by Gasteiger charge is -2.31. The summed E-state index contributed by atoms with van der Waals surface area (Å²) in [6.45, 7) is 4.26. The lowest BCUT2D eigenvalue weighted by molar-refractivity contribution is -0.145. The van der Waals surface area contributed by atoms with Crippen LogP contribution in [0.1, 0.15) is 69.2 Å². The first-order chi connectivity index (χ1) is 27.8. The maximum Gasteiger partial charge on any atom is 0.326 e. The number of imidazole rings is 1. The number of aliphatic carboxylic acids is 1. The van der Waals surface area contributed by atoms with Crippen molar-refractivity contribution in [2.75, 3.05) is 13.1 Å². The lowest BCUT2D eigenvalue weighted by atomic mass is 9.96. The second-order valence-corrected chi connectivity index (χ2v) is 14.8. The van der Waals surface area contributed by atoms with Crippen LogP contribution >= 0.6 is 0 Å². The first-order valence-corrected chi connectivity index (χ1v) is 19.8. The van der Waals surface area contributed by atoms with E-state index < -0.39 is 77.7 Å². The van der Waals surface area contributed by atoms with E-state index in [9.17, 15) is 39.0 Å². The Kier molecular flexibility index (Phi) is 17.2. The van der Waals surface area contributed by atoms with E-state index in [1.54, 1.807) is 49.4 Å². The van der Waals surface area contributed by atoms with Crippen LogP contribution < -0.4 is 32.7 Å². The molecule has 1 saturated heterocycles. The summed E-state index contributed by atoms with van der Waals surface area (Å²) in [5, 5.41) is 30.7. The number of hydrogen-bond acceptors (Lipinski definition) is 10. The van der Waals surface area contributed by atoms with Crippen molar-refractivity contribution in [1.82, 2.24) is 36.1 Å². The highest BCUT2D eigenvalue weighted by atomic mass is 16.4. The number of carbonyl (C=O) groups is 6. The van der Waals surface area contributed by atoms with Gasteiger partial charge in [-0.15, -0.1) is 0 Å². The number of nitrogens with two attached hydrogens (primary N) is 2. The second kappa shape index (κ2) is 22.2. The number of likely N-dealkylation sites (tertiary alicyclic amines) is 1. The molecule has 1 fully saturated rings. The van der Waals surface area contributed by atoms with Crippen LogP contribution in [-0.4, -0.2) is 110 Å². The fraction of sp³-hybridized carbons (Fsp3) is 0.488. The summed E-state index contributed by atoms with van der Waals surface area (Å²) < 4.78 is 0. The number of nitrogens with one attached hydrogen (secondary N) is 5. The molecule has 4 rings (SSSR count). The number of carboxylic acid groups (broad SMARTS) is 1. The number of rotatable bonds is 22. The number of carboxylic acids is 1. The van der Waals surface area contributed by atoms with E-state index in [4.69, 9.17) is 11.5 Å². The minimum absolute atomic E-state index is 0.0235. The first kappa shape index (κ1) is 44.9. The molecule has 0 saturated carbocycles. The Morgan fingerprint density at radius 3 is 2.17 bits per heavy atom. The Bertz CT molecular complexity index is 1810. The summed E-state index contributed by atoms with van der Waals surface area (Å²) in [7, 11) is 0. The summed E-state index contributed by atoms with van der Waals surface area (Å²) >= 11 is 0. The van der Waals surface area contributed by atoms with Gasteiger partial charge in [0.1, 0.15) is 36.0 Å². The van der Waals surface area contributed by atoms with Crippen molar-refractivity contribution in [1.29, 1.82) is 0 Å². The number of aromatic hydroxyl groups is 1. The zero-order valence-corrected chi connectivity index (χ0v) is 33.1. The normalized spacial score (nSPS) is 16.9. The van der Waals surface area contributed by atoms with Gasteiger partial charge in [0, 0.05) is 37.7 Å². The van der Waals surface area contributed by atoms with Crippen molar-refractivity contribution in [2.24, 2.45) is 17.4 Å². The Morgan fingerprint density at radius 2 is 1.53 bits per heavy atom. The second-order valence-electron chi connectivity index (χ2n) is 14.8. The molecule has 0 aliphatic carbocycles. The molecule has 7 atom stereocenters. The zero-order valence-electron chi connectivity index (χ0n) is 33.1. The molecule has 58 heavy (non-hydrogen) atoms. The Balaban J connectivity index is 1.54. The van der Waals surface area contributed by atoms with Crippen LogP contribution in [0.25, 0.3) is 0 Å². The molecule has 1 aliphatic rings. The Morgan fingerprint density at radius 1 is 0.862 bits per heavy atom. The number of unbranched alkanes of at least 4 members (excludes halogenated alkanes) is 1. The topological polar surface area (TPSA) is 275 Å². The van der Waals surface area contributed by atoms with E-state index in [0.717, 1.165) is 5.56 Å². The number of H-pyrrole nitrogens is 1. The van der Waals surface area contributed by atoms with Crippen molar-refractivity contribution < 1.29 is 39.0 Å². The molecule has 17 heteroatoms. The quantitative estimate of drug-likeness (QED) is 0.0637. The third-order valence-corrected chi connectivity index (χ3v) is 10.4. The summed E-state index contributed by atoms with van der Waals surface area (Å²) in [6.07, 6.45) is 5.86. The largest absolute Gasteiger partial charge is 0.508 e. The predicted octanol–water partition coefficient (Wildman–Crippen LogP) is 0.660. The summed E-state index contributed by atoms with van der Waals surface area (Å²) in [6, 6.07) is 8.39.